The largest absolute Gasteiger partial charge is 0.475 e. The van der Waals surface area contributed by atoms with Gasteiger partial charge in [-0.3, -0.25) is 0 Å². The van der Waals surface area contributed by atoms with Gasteiger partial charge >= 0.3 is 5.97 Å². The highest BCUT2D eigenvalue weighted by Crippen LogP contribution is 2.29. The number of halogens is 2. The number of furan rings is 1. The fourth-order valence-corrected chi connectivity index (χ4v) is 2.57. The van der Waals surface area contributed by atoms with Crippen molar-refractivity contribution in [2.75, 3.05) is 5.32 Å². The van der Waals surface area contributed by atoms with Crippen LogP contribution in [0.1, 0.15) is 27.4 Å². The normalized spacial score (nSPS) is 10.6. The summed E-state index contributed by atoms with van der Waals surface area (Å²) in [6, 6.07) is 5.44. The van der Waals surface area contributed by atoms with E-state index in [4.69, 9.17) is 21.1 Å². The van der Waals surface area contributed by atoms with Crippen molar-refractivity contribution in [1.29, 1.82) is 0 Å². The molecule has 0 aliphatic rings. The van der Waals surface area contributed by atoms with Crippen LogP contribution in [-0.4, -0.2) is 11.1 Å². The van der Waals surface area contributed by atoms with Gasteiger partial charge in [0.2, 0.25) is 5.76 Å². The molecule has 6 heteroatoms. The van der Waals surface area contributed by atoms with E-state index in [1.807, 2.05) is 19.1 Å². The molecule has 0 aliphatic heterocycles. The lowest BCUT2D eigenvalue weighted by molar-refractivity contribution is 0.0659. The van der Waals surface area contributed by atoms with E-state index in [0.29, 0.717) is 22.9 Å². The molecule has 20 heavy (non-hydrogen) atoms. The van der Waals surface area contributed by atoms with Crippen LogP contribution in [0.5, 0.6) is 0 Å². The Morgan fingerprint density at radius 1 is 1.35 bits per heavy atom. The second-order valence-corrected chi connectivity index (χ2v) is 5.73. The predicted molar refractivity (Wildman–Crippen MR) is 81.6 cm³/mol. The summed E-state index contributed by atoms with van der Waals surface area (Å²) < 4.78 is 6.17. The van der Waals surface area contributed by atoms with Crippen LogP contribution in [0.25, 0.3) is 0 Å². The van der Waals surface area contributed by atoms with Crippen molar-refractivity contribution in [3.63, 3.8) is 0 Å². The summed E-state index contributed by atoms with van der Waals surface area (Å²) in [4.78, 5) is 10.9. The first kappa shape index (κ1) is 14.9. The maximum atomic E-state index is 10.9. The molecule has 4 nitrogen and oxygen atoms in total. The third-order valence-electron chi connectivity index (χ3n) is 2.86. The summed E-state index contributed by atoms with van der Waals surface area (Å²) in [7, 11) is 0. The van der Waals surface area contributed by atoms with Crippen molar-refractivity contribution >= 4 is 39.2 Å². The van der Waals surface area contributed by atoms with Gasteiger partial charge in [-0.05, 0) is 53.5 Å². The predicted octanol–water partition coefficient (Wildman–Crippen LogP) is 4.62. The molecule has 0 aliphatic carbocycles. The van der Waals surface area contributed by atoms with E-state index in [0.717, 1.165) is 15.7 Å². The highest BCUT2D eigenvalue weighted by Gasteiger charge is 2.14. The Kier molecular flexibility index (Phi) is 4.40. The van der Waals surface area contributed by atoms with E-state index >= 15 is 0 Å². The van der Waals surface area contributed by atoms with Crippen LogP contribution in [0.4, 0.5) is 5.69 Å². The second-order valence-electron chi connectivity index (χ2n) is 4.46. The van der Waals surface area contributed by atoms with Gasteiger partial charge in [-0.15, -0.1) is 0 Å². The molecule has 0 saturated heterocycles. The van der Waals surface area contributed by atoms with E-state index in [-0.39, 0.29) is 5.76 Å². The lowest BCUT2D eigenvalue weighted by Crippen LogP contribution is -2.00. The zero-order valence-electron chi connectivity index (χ0n) is 11.0. The van der Waals surface area contributed by atoms with Gasteiger partial charge < -0.3 is 14.8 Å². The van der Waals surface area contributed by atoms with Crippen molar-refractivity contribution in [2.24, 2.45) is 0 Å². The maximum absolute atomic E-state index is 10.9. The van der Waals surface area contributed by atoms with Crippen molar-refractivity contribution in [3.8, 4) is 0 Å². The Morgan fingerprint density at radius 2 is 2.05 bits per heavy atom. The Labute approximate surface area is 129 Å². The molecule has 0 spiro atoms. The average molecular weight is 359 g/mol. The minimum absolute atomic E-state index is 0.0252. The molecule has 2 N–H and O–H groups in total. The summed E-state index contributed by atoms with van der Waals surface area (Å²) in [6.07, 6.45) is 0. The Hall–Kier alpha value is -1.46. The third-order valence-corrected chi connectivity index (χ3v) is 3.93. The standard InChI is InChI=1S/C14H13BrClNO3/c1-7-4-10(15)12(5-11(7)16)17-6-9-3-8(2)13(20-9)14(18)19/h3-5,17H,6H2,1-2H3,(H,18,19). The van der Waals surface area contributed by atoms with Gasteiger partial charge in [-0.25, -0.2) is 4.79 Å². The number of carboxylic acid groups (broad SMARTS) is 1. The lowest BCUT2D eigenvalue weighted by Gasteiger charge is -2.09. The summed E-state index contributed by atoms with van der Waals surface area (Å²) >= 11 is 9.53. The first-order valence-electron chi connectivity index (χ1n) is 5.90. The van der Waals surface area contributed by atoms with Gasteiger partial charge in [-0.1, -0.05) is 11.6 Å². The van der Waals surface area contributed by atoms with E-state index in [1.54, 1.807) is 13.0 Å². The van der Waals surface area contributed by atoms with Gasteiger partial charge in [0.05, 0.1) is 12.2 Å². The first-order valence-corrected chi connectivity index (χ1v) is 7.07. The number of benzene rings is 1. The van der Waals surface area contributed by atoms with Gasteiger partial charge in [0, 0.05) is 15.1 Å². The minimum atomic E-state index is -1.06. The molecule has 1 aromatic heterocycles. The number of hydrogen-bond acceptors (Lipinski definition) is 3. The molecule has 1 aromatic carbocycles. The van der Waals surface area contributed by atoms with E-state index < -0.39 is 5.97 Å². The fourth-order valence-electron chi connectivity index (χ4n) is 1.81. The number of aromatic carboxylic acids is 1. The fraction of sp³-hybridized carbons (Fsp3) is 0.214. The number of carboxylic acids is 1. The van der Waals surface area contributed by atoms with Gasteiger partial charge in [0.1, 0.15) is 5.76 Å². The summed E-state index contributed by atoms with van der Waals surface area (Å²) in [5.74, 6) is -0.528. The molecule has 106 valence electrons. The van der Waals surface area contributed by atoms with Crippen molar-refractivity contribution in [2.45, 2.75) is 20.4 Å². The summed E-state index contributed by atoms with van der Waals surface area (Å²) in [5, 5.41) is 12.8. The van der Waals surface area contributed by atoms with Crippen LogP contribution in [-0.2, 0) is 6.54 Å². The molecule has 0 bridgehead atoms. The molecular weight excluding hydrogens is 346 g/mol. The number of rotatable bonds is 4. The summed E-state index contributed by atoms with van der Waals surface area (Å²) in [5.41, 5.74) is 2.41. The van der Waals surface area contributed by atoms with Crippen molar-refractivity contribution < 1.29 is 14.3 Å². The third kappa shape index (κ3) is 3.16. The second kappa shape index (κ2) is 5.89. The number of hydrogen-bond donors (Lipinski definition) is 2. The smallest absolute Gasteiger partial charge is 0.372 e. The maximum Gasteiger partial charge on any atom is 0.372 e. The summed E-state index contributed by atoms with van der Waals surface area (Å²) in [6.45, 7) is 4.01. The average Bonchev–Trinajstić information content (AvgIpc) is 2.74. The van der Waals surface area contributed by atoms with E-state index in [2.05, 4.69) is 21.2 Å². The van der Waals surface area contributed by atoms with E-state index in [1.165, 1.54) is 0 Å². The molecule has 0 saturated carbocycles. The Morgan fingerprint density at radius 3 is 2.65 bits per heavy atom. The van der Waals surface area contributed by atoms with Crippen LogP contribution >= 0.6 is 27.5 Å². The molecule has 2 rings (SSSR count). The number of nitrogens with one attached hydrogen (secondary N) is 1. The number of carbonyl (C=O) groups is 1. The zero-order chi connectivity index (χ0) is 14.9. The quantitative estimate of drug-likeness (QED) is 0.837. The van der Waals surface area contributed by atoms with Crippen LogP contribution in [0.2, 0.25) is 5.02 Å². The van der Waals surface area contributed by atoms with Gasteiger partial charge in [-0.2, -0.15) is 0 Å². The molecule has 0 unspecified atom stereocenters. The molecule has 2 aromatic rings. The van der Waals surface area contributed by atoms with Crippen LogP contribution < -0.4 is 5.32 Å². The Bertz CT molecular complexity index is 667. The number of aryl methyl sites for hydroxylation is 2. The van der Waals surface area contributed by atoms with Crippen LogP contribution in [0.15, 0.2) is 27.1 Å². The minimum Gasteiger partial charge on any atom is -0.475 e. The van der Waals surface area contributed by atoms with Crippen LogP contribution in [0.3, 0.4) is 0 Å². The topological polar surface area (TPSA) is 62.5 Å². The SMILES string of the molecule is Cc1cc(Br)c(NCc2cc(C)c(C(=O)O)o2)cc1Cl. The van der Waals surface area contributed by atoms with Crippen LogP contribution in [0, 0.1) is 13.8 Å². The van der Waals surface area contributed by atoms with Crippen molar-refractivity contribution in [3.05, 3.63) is 50.3 Å². The van der Waals surface area contributed by atoms with Crippen molar-refractivity contribution in [1.82, 2.24) is 0 Å². The number of anilines is 1. The molecule has 0 atom stereocenters. The van der Waals surface area contributed by atoms with Gasteiger partial charge in [0.15, 0.2) is 0 Å². The molecule has 0 amide bonds. The highest BCUT2D eigenvalue weighted by atomic mass is 79.9. The molecule has 0 radical (unpaired) electrons. The monoisotopic (exact) mass is 357 g/mol. The lowest BCUT2D eigenvalue weighted by atomic mass is 10.2. The molecule has 0 fully saturated rings. The highest BCUT2D eigenvalue weighted by molar-refractivity contribution is 9.10. The van der Waals surface area contributed by atoms with E-state index in [9.17, 15) is 4.79 Å². The first-order chi connectivity index (χ1) is 9.38. The zero-order valence-corrected chi connectivity index (χ0v) is 13.3. The molecular formula is C14H13BrClNO3. The van der Waals surface area contributed by atoms with Gasteiger partial charge in [0.25, 0.3) is 0 Å². The Balaban J connectivity index is 2.15. The molecule has 1 heterocycles.